The lowest BCUT2D eigenvalue weighted by molar-refractivity contribution is -0.116. The lowest BCUT2D eigenvalue weighted by Gasteiger charge is -2.27. The summed E-state index contributed by atoms with van der Waals surface area (Å²) >= 11 is 5.68. The zero-order valence-electron chi connectivity index (χ0n) is 17.7. The fourth-order valence-electron chi connectivity index (χ4n) is 3.90. The molecule has 31 heavy (non-hydrogen) atoms. The van der Waals surface area contributed by atoms with Crippen LogP contribution in [-0.2, 0) is 4.79 Å². The van der Waals surface area contributed by atoms with Crippen LogP contribution in [0.2, 0.25) is 0 Å². The maximum atomic E-state index is 12.5. The maximum Gasteiger partial charge on any atom is 0.226 e. The van der Waals surface area contributed by atoms with E-state index >= 15 is 0 Å². The van der Waals surface area contributed by atoms with Crippen molar-refractivity contribution in [3.63, 3.8) is 0 Å². The molecule has 7 heteroatoms. The normalized spacial score (nSPS) is 18.3. The van der Waals surface area contributed by atoms with Crippen LogP contribution in [-0.4, -0.2) is 32.0 Å². The molecule has 0 bridgehead atoms. The van der Waals surface area contributed by atoms with Crippen molar-refractivity contribution in [2.75, 3.05) is 11.9 Å². The molecule has 4 rings (SSSR count). The molecule has 3 heterocycles. The number of para-hydroxylation sites is 1. The first-order valence-corrected chi connectivity index (χ1v) is 10.9. The van der Waals surface area contributed by atoms with Crippen LogP contribution in [0.1, 0.15) is 49.7 Å². The molecule has 2 aromatic heterocycles. The molecule has 0 saturated carbocycles. The number of anilines is 1. The molecule has 2 N–H and O–H groups in total. The molecule has 160 valence electrons. The SMILES string of the molecule is CC(C)n1ccc([C@H]2[C@@H](c3ccccn3)NC(=S)N2CCC(=O)Nc2ccccc2)c1. The molecule has 3 aromatic rings. The van der Waals surface area contributed by atoms with Crippen LogP contribution in [0.5, 0.6) is 0 Å². The second kappa shape index (κ2) is 9.31. The molecule has 0 spiro atoms. The molecule has 1 aliphatic heterocycles. The molecular weight excluding hydrogens is 406 g/mol. The zero-order valence-corrected chi connectivity index (χ0v) is 18.5. The Morgan fingerprint density at radius 1 is 1.16 bits per heavy atom. The van der Waals surface area contributed by atoms with Gasteiger partial charge < -0.3 is 20.1 Å². The van der Waals surface area contributed by atoms with Gasteiger partial charge in [0.05, 0.1) is 17.8 Å². The third-order valence-corrected chi connectivity index (χ3v) is 5.86. The van der Waals surface area contributed by atoms with Crippen LogP contribution >= 0.6 is 12.2 Å². The lowest BCUT2D eigenvalue weighted by atomic mass is 9.99. The van der Waals surface area contributed by atoms with Gasteiger partial charge in [-0.3, -0.25) is 9.78 Å². The first-order chi connectivity index (χ1) is 15.0. The number of aromatic nitrogens is 2. The van der Waals surface area contributed by atoms with E-state index in [1.807, 2.05) is 48.5 Å². The summed E-state index contributed by atoms with van der Waals surface area (Å²) in [7, 11) is 0. The summed E-state index contributed by atoms with van der Waals surface area (Å²) in [6.07, 6.45) is 6.40. The second-order valence-electron chi connectivity index (χ2n) is 7.97. The zero-order chi connectivity index (χ0) is 21.8. The van der Waals surface area contributed by atoms with Crippen molar-refractivity contribution >= 4 is 28.9 Å². The molecule has 0 aliphatic carbocycles. The van der Waals surface area contributed by atoms with Gasteiger partial charge in [-0.25, -0.2) is 0 Å². The average molecular weight is 434 g/mol. The number of amides is 1. The molecule has 0 radical (unpaired) electrons. The van der Waals surface area contributed by atoms with E-state index in [-0.39, 0.29) is 18.0 Å². The van der Waals surface area contributed by atoms with Gasteiger partial charge in [0, 0.05) is 43.3 Å². The van der Waals surface area contributed by atoms with E-state index in [4.69, 9.17) is 12.2 Å². The van der Waals surface area contributed by atoms with E-state index in [2.05, 4.69) is 57.4 Å². The van der Waals surface area contributed by atoms with Crippen LogP contribution in [0.15, 0.2) is 73.2 Å². The molecule has 1 aliphatic rings. The number of carbonyl (C=O) groups is 1. The van der Waals surface area contributed by atoms with E-state index in [0.29, 0.717) is 24.1 Å². The Balaban J connectivity index is 1.55. The van der Waals surface area contributed by atoms with Crippen LogP contribution in [0.3, 0.4) is 0 Å². The average Bonchev–Trinajstić information content (AvgIpc) is 3.38. The Hall–Kier alpha value is -3.19. The Labute approximate surface area is 188 Å². The van der Waals surface area contributed by atoms with Gasteiger partial charge in [0.1, 0.15) is 0 Å². The van der Waals surface area contributed by atoms with E-state index in [1.54, 1.807) is 6.20 Å². The summed E-state index contributed by atoms with van der Waals surface area (Å²) in [5, 5.41) is 7.03. The highest BCUT2D eigenvalue weighted by molar-refractivity contribution is 7.80. The third-order valence-electron chi connectivity index (χ3n) is 5.51. The molecule has 1 aromatic carbocycles. The van der Waals surface area contributed by atoms with Crippen molar-refractivity contribution in [3.05, 3.63) is 84.4 Å². The fourth-order valence-corrected chi connectivity index (χ4v) is 4.24. The standard InChI is InChI=1S/C24H27N5OS/c1-17(2)28-14-11-18(16-28)23-22(20-10-6-7-13-25-20)27-24(31)29(23)15-12-21(30)26-19-8-4-3-5-9-19/h3-11,13-14,16-17,22-23H,12,15H2,1-2H3,(H,26,30)(H,27,31)/t22-,23+/m1/s1. The van der Waals surface area contributed by atoms with Crippen LogP contribution < -0.4 is 10.6 Å². The predicted molar refractivity (Wildman–Crippen MR) is 127 cm³/mol. The van der Waals surface area contributed by atoms with Crippen molar-refractivity contribution in [2.24, 2.45) is 0 Å². The first kappa shape index (κ1) is 21.1. The fraction of sp³-hybridized carbons (Fsp3) is 0.292. The molecule has 1 saturated heterocycles. The van der Waals surface area contributed by atoms with Gasteiger partial charge in [0.15, 0.2) is 5.11 Å². The quantitative estimate of drug-likeness (QED) is 0.539. The van der Waals surface area contributed by atoms with E-state index in [0.717, 1.165) is 16.9 Å². The third kappa shape index (κ3) is 4.77. The number of thiocarbonyl (C=S) groups is 1. The number of nitrogens with one attached hydrogen (secondary N) is 2. The lowest BCUT2D eigenvalue weighted by Crippen LogP contribution is -2.32. The van der Waals surface area contributed by atoms with Crippen molar-refractivity contribution in [1.82, 2.24) is 19.8 Å². The highest BCUT2D eigenvalue weighted by Gasteiger charge is 2.40. The van der Waals surface area contributed by atoms with Crippen LogP contribution in [0.4, 0.5) is 5.69 Å². The van der Waals surface area contributed by atoms with Crippen LogP contribution in [0.25, 0.3) is 0 Å². The van der Waals surface area contributed by atoms with E-state index in [1.165, 1.54) is 0 Å². The Kier molecular flexibility index (Phi) is 6.32. The summed E-state index contributed by atoms with van der Waals surface area (Å²) in [6, 6.07) is 17.8. The predicted octanol–water partition coefficient (Wildman–Crippen LogP) is 4.47. The van der Waals surface area contributed by atoms with E-state index in [9.17, 15) is 4.79 Å². The minimum Gasteiger partial charge on any atom is -0.352 e. The van der Waals surface area contributed by atoms with Gasteiger partial charge >= 0.3 is 0 Å². The number of benzene rings is 1. The topological polar surface area (TPSA) is 62.2 Å². The van der Waals surface area contributed by atoms with Crippen molar-refractivity contribution < 1.29 is 4.79 Å². The van der Waals surface area contributed by atoms with Gasteiger partial charge in [-0.2, -0.15) is 0 Å². The molecule has 1 fully saturated rings. The molecule has 1 amide bonds. The first-order valence-electron chi connectivity index (χ1n) is 10.5. The molecule has 6 nitrogen and oxygen atoms in total. The number of hydrogen-bond acceptors (Lipinski definition) is 3. The summed E-state index contributed by atoms with van der Waals surface area (Å²) in [5.41, 5.74) is 2.88. The highest BCUT2D eigenvalue weighted by Crippen LogP contribution is 2.39. The van der Waals surface area contributed by atoms with E-state index < -0.39 is 0 Å². The highest BCUT2D eigenvalue weighted by atomic mass is 32.1. The number of pyridine rings is 1. The summed E-state index contributed by atoms with van der Waals surface area (Å²) in [6.45, 7) is 4.83. The molecular formula is C24H27N5OS. The number of carbonyl (C=O) groups excluding carboxylic acids is 1. The van der Waals surface area contributed by atoms with Gasteiger partial charge in [-0.1, -0.05) is 24.3 Å². The summed E-state index contributed by atoms with van der Waals surface area (Å²) < 4.78 is 2.19. The smallest absolute Gasteiger partial charge is 0.226 e. The Morgan fingerprint density at radius 3 is 2.61 bits per heavy atom. The van der Waals surface area contributed by atoms with Crippen molar-refractivity contribution in [1.29, 1.82) is 0 Å². The van der Waals surface area contributed by atoms with Gasteiger partial charge in [0.25, 0.3) is 0 Å². The minimum atomic E-state index is -0.0751. The Bertz CT molecular complexity index is 1030. The number of hydrogen-bond donors (Lipinski definition) is 2. The van der Waals surface area contributed by atoms with Gasteiger partial charge in [-0.15, -0.1) is 0 Å². The van der Waals surface area contributed by atoms with Crippen LogP contribution in [0, 0.1) is 0 Å². The largest absolute Gasteiger partial charge is 0.352 e. The van der Waals surface area contributed by atoms with Gasteiger partial charge in [-0.05, 0) is 62.0 Å². The maximum absolute atomic E-state index is 12.5. The van der Waals surface area contributed by atoms with Gasteiger partial charge in [0.2, 0.25) is 5.91 Å². The minimum absolute atomic E-state index is 0.0335. The number of rotatable bonds is 7. The number of nitrogens with zero attached hydrogens (tertiary/aromatic N) is 3. The molecule has 2 atom stereocenters. The summed E-state index contributed by atoms with van der Waals surface area (Å²) in [5.74, 6) is -0.0335. The molecule has 0 unspecified atom stereocenters. The monoisotopic (exact) mass is 433 g/mol. The Morgan fingerprint density at radius 2 is 1.94 bits per heavy atom. The van der Waals surface area contributed by atoms with Crippen molar-refractivity contribution in [3.8, 4) is 0 Å². The second-order valence-corrected chi connectivity index (χ2v) is 8.36. The van der Waals surface area contributed by atoms with Crippen molar-refractivity contribution in [2.45, 2.75) is 38.4 Å². The summed E-state index contributed by atoms with van der Waals surface area (Å²) in [4.78, 5) is 19.2.